The summed E-state index contributed by atoms with van der Waals surface area (Å²) in [5.41, 5.74) is 9.26. The van der Waals surface area contributed by atoms with Crippen LogP contribution in [-0.2, 0) is 10.8 Å². The van der Waals surface area contributed by atoms with Crippen LogP contribution in [0.3, 0.4) is 0 Å². The number of rotatable bonds is 3. The minimum absolute atomic E-state index is 0.0161. The van der Waals surface area contributed by atoms with Crippen LogP contribution in [0.5, 0.6) is 11.5 Å². The van der Waals surface area contributed by atoms with Crippen molar-refractivity contribution in [2.24, 2.45) is 0 Å². The highest BCUT2D eigenvalue weighted by Gasteiger charge is 2.37. The molecule has 0 amide bonds. The fourth-order valence-corrected chi connectivity index (χ4v) is 9.87. The van der Waals surface area contributed by atoms with Gasteiger partial charge < -0.3 is 4.74 Å². The SMILES string of the molecule is CC(C)(C)c1cc2c3c(c1)c1cccnc1n3-c1cc(Oc3ccc4c5ccc6sc7ccccc7c6c5n(-c5ccccn5)c4c3)ccc1C2(C)C. The van der Waals surface area contributed by atoms with E-state index in [1.807, 2.05) is 35.9 Å². The van der Waals surface area contributed by atoms with Crippen molar-refractivity contribution in [1.29, 1.82) is 0 Å². The summed E-state index contributed by atoms with van der Waals surface area (Å²) in [5.74, 6) is 2.44. The third-order valence-corrected chi connectivity index (χ3v) is 12.5. The van der Waals surface area contributed by atoms with Crippen molar-refractivity contribution >= 4 is 75.3 Å². The summed E-state index contributed by atoms with van der Waals surface area (Å²) in [4.78, 5) is 9.82. The maximum Gasteiger partial charge on any atom is 0.145 e. The molecule has 0 radical (unpaired) electrons. The van der Waals surface area contributed by atoms with Gasteiger partial charge in [-0.15, -0.1) is 11.3 Å². The number of ether oxygens (including phenoxy) is 1. The van der Waals surface area contributed by atoms with Crippen LogP contribution in [0.4, 0.5) is 0 Å². The van der Waals surface area contributed by atoms with E-state index in [4.69, 9.17) is 14.7 Å². The van der Waals surface area contributed by atoms with Crippen molar-refractivity contribution in [3.05, 3.63) is 144 Å². The Kier molecular flexibility index (Phi) is 6.10. The number of thiophene rings is 1. The molecule has 0 spiro atoms. The van der Waals surface area contributed by atoms with Gasteiger partial charge in [0.05, 0.1) is 22.2 Å². The molecule has 6 heterocycles. The Morgan fingerprint density at radius 3 is 2.23 bits per heavy atom. The second-order valence-corrected chi connectivity index (χ2v) is 17.0. The number of hydrogen-bond acceptors (Lipinski definition) is 4. The molecule has 5 aromatic carbocycles. The van der Waals surface area contributed by atoms with Gasteiger partial charge in [0.1, 0.15) is 23.0 Å². The molecule has 5 nitrogen and oxygen atoms in total. The lowest BCUT2D eigenvalue weighted by atomic mass is 9.72. The van der Waals surface area contributed by atoms with Crippen LogP contribution in [0.15, 0.2) is 128 Å². The molecule has 0 fully saturated rings. The molecule has 0 N–H and O–H groups in total. The number of hydrogen-bond donors (Lipinski definition) is 0. The molecule has 11 rings (SSSR count). The smallest absolute Gasteiger partial charge is 0.145 e. The van der Waals surface area contributed by atoms with Crippen LogP contribution in [0, 0.1) is 0 Å². The number of benzene rings is 5. The van der Waals surface area contributed by atoms with Crippen molar-refractivity contribution in [3.63, 3.8) is 0 Å². The molecule has 0 atom stereocenters. The molecule has 53 heavy (non-hydrogen) atoms. The Bertz CT molecular complexity index is 3160. The van der Waals surface area contributed by atoms with Crippen LogP contribution in [0.25, 0.3) is 75.4 Å². The number of aromatic nitrogens is 4. The van der Waals surface area contributed by atoms with Crippen molar-refractivity contribution in [1.82, 2.24) is 19.1 Å². The van der Waals surface area contributed by atoms with Crippen molar-refractivity contribution < 1.29 is 4.74 Å². The van der Waals surface area contributed by atoms with Crippen LogP contribution < -0.4 is 4.74 Å². The van der Waals surface area contributed by atoms with Crippen LogP contribution in [-0.4, -0.2) is 19.1 Å². The highest BCUT2D eigenvalue weighted by molar-refractivity contribution is 7.26. The number of nitrogens with zero attached hydrogens (tertiary/aromatic N) is 4. The highest BCUT2D eigenvalue weighted by Crippen LogP contribution is 2.50. The van der Waals surface area contributed by atoms with Gasteiger partial charge in [-0.05, 0) is 82.8 Å². The van der Waals surface area contributed by atoms with Crippen LogP contribution in [0.1, 0.15) is 51.3 Å². The summed E-state index contributed by atoms with van der Waals surface area (Å²) < 4.78 is 14.0. The van der Waals surface area contributed by atoms with Gasteiger partial charge in [-0.25, -0.2) is 9.97 Å². The Hall–Kier alpha value is -5.98. The Morgan fingerprint density at radius 1 is 0.604 bits per heavy atom. The van der Waals surface area contributed by atoms with Gasteiger partial charge >= 0.3 is 0 Å². The van der Waals surface area contributed by atoms with E-state index in [9.17, 15) is 0 Å². The first-order valence-corrected chi connectivity index (χ1v) is 19.1. The molecule has 6 heteroatoms. The summed E-state index contributed by atoms with van der Waals surface area (Å²) in [6.07, 6.45) is 3.77. The van der Waals surface area contributed by atoms with Crippen LogP contribution in [0.2, 0.25) is 0 Å². The summed E-state index contributed by atoms with van der Waals surface area (Å²) >= 11 is 1.84. The first-order chi connectivity index (χ1) is 25.7. The molecule has 1 aliphatic heterocycles. The Labute approximate surface area is 310 Å². The quantitative estimate of drug-likeness (QED) is 0.184. The predicted molar refractivity (Wildman–Crippen MR) is 221 cm³/mol. The third-order valence-electron chi connectivity index (χ3n) is 11.4. The maximum absolute atomic E-state index is 6.82. The molecule has 256 valence electrons. The van der Waals surface area contributed by atoms with E-state index in [0.717, 1.165) is 34.2 Å². The second kappa shape index (κ2) is 10.6. The molecule has 0 aliphatic carbocycles. The molecule has 0 saturated carbocycles. The fraction of sp³-hybridized carbons (Fsp3) is 0.149. The normalized spacial score (nSPS) is 13.9. The number of fused-ring (bicyclic) bond motifs is 12. The summed E-state index contributed by atoms with van der Waals surface area (Å²) in [7, 11) is 0. The van der Waals surface area contributed by atoms with Gasteiger partial charge in [0.2, 0.25) is 0 Å². The summed E-state index contributed by atoms with van der Waals surface area (Å²) in [6.45, 7) is 11.6. The Balaban J connectivity index is 1.11. The summed E-state index contributed by atoms with van der Waals surface area (Å²) in [5, 5.41) is 7.32. The molecular weight excluding hydrogens is 669 g/mol. The van der Waals surface area contributed by atoms with E-state index < -0.39 is 0 Å². The first-order valence-electron chi connectivity index (χ1n) is 18.2. The average Bonchev–Trinajstić information content (AvgIpc) is 3.81. The largest absolute Gasteiger partial charge is 0.457 e. The van der Waals surface area contributed by atoms with Crippen molar-refractivity contribution in [3.8, 4) is 23.0 Å². The zero-order chi connectivity index (χ0) is 35.8. The number of pyridine rings is 2. The first kappa shape index (κ1) is 30.6. The van der Waals surface area contributed by atoms with Crippen LogP contribution >= 0.6 is 11.3 Å². The lowest BCUT2D eigenvalue weighted by Gasteiger charge is -2.36. The molecule has 1 aliphatic rings. The lowest BCUT2D eigenvalue weighted by Crippen LogP contribution is -2.27. The minimum atomic E-state index is -0.225. The molecule has 0 bridgehead atoms. The van der Waals surface area contributed by atoms with E-state index in [1.165, 1.54) is 69.4 Å². The van der Waals surface area contributed by atoms with E-state index >= 15 is 0 Å². The summed E-state index contributed by atoms with van der Waals surface area (Å²) in [6, 6.07) is 41.4. The van der Waals surface area contributed by atoms with Gasteiger partial charge in [-0.1, -0.05) is 77.1 Å². The van der Waals surface area contributed by atoms with Gasteiger partial charge in [-0.3, -0.25) is 9.13 Å². The molecule has 0 saturated heterocycles. The second-order valence-electron chi connectivity index (χ2n) is 15.9. The van der Waals surface area contributed by atoms with Crippen molar-refractivity contribution in [2.75, 3.05) is 0 Å². The lowest BCUT2D eigenvalue weighted by molar-refractivity contribution is 0.482. The van der Waals surface area contributed by atoms with E-state index in [-0.39, 0.29) is 10.8 Å². The standard InChI is InChI=1S/C47H36N4OS/c1-46(2,3)27-23-34-32-12-10-22-49-45(32)51-38-26-29(16-19-35(38)47(4,5)36(24-27)43(34)51)52-28-15-17-30-31-18-20-40-42(33-11-6-7-13-39(33)53-40)44(31)50(37(30)25-28)41-14-8-9-21-48-41/h6-26H,1-5H3. The van der Waals surface area contributed by atoms with Gasteiger partial charge in [-0.2, -0.15) is 0 Å². The molecule has 0 unspecified atom stereocenters. The van der Waals surface area contributed by atoms with Gasteiger partial charge in [0, 0.05) is 71.7 Å². The third kappa shape index (κ3) is 4.24. The predicted octanol–water partition coefficient (Wildman–Crippen LogP) is 12.8. The zero-order valence-electron chi connectivity index (χ0n) is 30.2. The molecule has 10 aromatic rings. The average molecular weight is 705 g/mol. The maximum atomic E-state index is 6.82. The Morgan fingerprint density at radius 2 is 1.38 bits per heavy atom. The van der Waals surface area contributed by atoms with Crippen molar-refractivity contribution in [2.45, 2.75) is 45.4 Å². The van der Waals surface area contributed by atoms with E-state index in [0.29, 0.717) is 0 Å². The van der Waals surface area contributed by atoms with E-state index in [2.05, 4.69) is 147 Å². The molecule has 5 aromatic heterocycles. The monoisotopic (exact) mass is 704 g/mol. The minimum Gasteiger partial charge on any atom is -0.457 e. The van der Waals surface area contributed by atoms with Gasteiger partial charge in [0.25, 0.3) is 0 Å². The van der Waals surface area contributed by atoms with E-state index in [1.54, 1.807) is 0 Å². The highest BCUT2D eigenvalue weighted by atomic mass is 32.1. The fourth-order valence-electron chi connectivity index (χ4n) is 8.77. The zero-order valence-corrected chi connectivity index (χ0v) is 31.0. The topological polar surface area (TPSA) is 44.9 Å². The van der Waals surface area contributed by atoms with Gasteiger partial charge in [0.15, 0.2) is 0 Å². The molecular formula is C47H36N4OS.